The maximum absolute atomic E-state index is 12.6. The van der Waals surface area contributed by atoms with Crippen molar-refractivity contribution in [2.45, 2.75) is 19.5 Å². The molecule has 0 fully saturated rings. The lowest BCUT2D eigenvalue weighted by Gasteiger charge is -2.25. The van der Waals surface area contributed by atoms with Crippen LogP contribution in [0.25, 0.3) is 0 Å². The molecule has 24 heavy (non-hydrogen) atoms. The molecule has 0 aliphatic heterocycles. The van der Waals surface area contributed by atoms with Gasteiger partial charge in [0.15, 0.2) is 0 Å². The molecular formula is C19H24N2O3. The third kappa shape index (κ3) is 4.73. The molecule has 128 valence electrons. The normalized spacial score (nSPS) is 11.6. The van der Waals surface area contributed by atoms with Crippen molar-refractivity contribution in [1.29, 1.82) is 0 Å². The highest BCUT2D eigenvalue weighted by molar-refractivity contribution is 5.74. The third-order valence-electron chi connectivity index (χ3n) is 3.85. The van der Waals surface area contributed by atoms with Crippen LogP contribution >= 0.6 is 0 Å². The SMILES string of the molecule is COc1ccccc1CN(CCO)C(=O)NC(C)c1ccccc1. The van der Waals surface area contributed by atoms with Crippen LogP contribution in [0.3, 0.4) is 0 Å². The summed E-state index contributed by atoms with van der Waals surface area (Å²) >= 11 is 0. The molecule has 5 nitrogen and oxygen atoms in total. The second-order valence-corrected chi connectivity index (χ2v) is 5.54. The zero-order chi connectivity index (χ0) is 17.4. The topological polar surface area (TPSA) is 61.8 Å². The summed E-state index contributed by atoms with van der Waals surface area (Å²) in [6, 6.07) is 17.0. The summed E-state index contributed by atoms with van der Waals surface area (Å²) in [5.74, 6) is 0.726. The lowest BCUT2D eigenvalue weighted by molar-refractivity contribution is 0.171. The van der Waals surface area contributed by atoms with Gasteiger partial charge in [0.1, 0.15) is 5.75 Å². The van der Waals surface area contributed by atoms with E-state index in [9.17, 15) is 9.90 Å². The van der Waals surface area contributed by atoms with E-state index in [1.165, 1.54) is 0 Å². The van der Waals surface area contributed by atoms with Crippen LogP contribution in [-0.4, -0.2) is 36.3 Å². The summed E-state index contributed by atoms with van der Waals surface area (Å²) in [7, 11) is 1.60. The first-order valence-corrected chi connectivity index (χ1v) is 7.99. The molecule has 0 saturated heterocycles. The van der Waals surface area contributed by atoms with Gasteiger partial charge in [-0.05, 0) is 18.6 Å². The number of rotatable bonds is 7. The van der Waals surface area contributed by atoms with E-state index < -0.39 is 0 Å². The summed E-state index contributed by atoms with van der Waals surface area (Å²) in [5.41, 5.74) is 1.93. The summed E-state index contributed by atoms with van der Waals surface area (Å²) in [4.78, 5) is 14.2. The number of nitrogens with one attached hydrogen (secondary N) is 1. The number of hydrogen-bond donors (Lipinski definition) is 2. The Morgan fingerprint density at radius 3 is 2.50 bits per heavy atom. The van der Waals surface area contributed by atoms with E-state index in [1.54, 1.807) is 12.0 Å². The number of methoxy groups -OCH3 is 1. The van der Waals surface area contributed by atoms with Crippen molar-refractivity contribution in [1.82, 2.24) is 10.2 Å². The number of ether oxygens (including phenoxy) is 1. The molecule has 0 spiro atoms. The van der Waals surface area contributed by atoms with Gasteiger partial charge in [-0.15, -0.1) is 0 Å². The quantitative estimate of drug-likeness (QED) is 0.821. The van der Waals surface area contributed by atoms with E-state index >= 15 is 0 Å². The van der Waals surface area contributed by atoms with Crippen LogP contribution < -0.4 is 10.1 Å². The van der Waals surface area contributed by atoms with E-state index in [0.717, 1.165) is 16.9 Å². The Bertz CT molecular complexity index is 646. The fourth-order valence-electron chi connectivity index (χ4n) is 2.51. The first kappa shape index (κ1) is 17.8. The van der Waals surface area contributed by atoms with Crippen molar-refractivity contribution in [3.8, 4) is 5.75 Å². The standard InChI is InChI=1S/C19H24N2O3/c1-15(16-8-4-3-5-9-16)20-19(23)21(12-13-22)14-17-10-6-7-11-18(17)24-2/h3-11,15,22H,12-14H2,1-2H3,(H,20,23). The summed E-state index contributed by atoms with van der Waals surface area (Å²) in [5, 5.41) is 12.3. The number of carbonyl (C=O) groups excluding carboxylic acids is 1. The van der Waals surface area contributed by atoms with Crippen molar-refractivity contribution in [3.05, 3.63) is 65.7 Å². The van der Waals surface area contributed by atoms with Crippen molar-refractivity contribution < 1.29 is 14.6 Å². The van der Waals surface area contributed by atoms with Gasteiger partial charge in [0.25, 0.3) is 0 Å². The number of carbonyl (C=O) groups is 1. The van der Waals surface area contributed by atoms with Crippen molar-refractivity contribution in [2.24, 2.45) is 0 Å². The van der Waals surface area contributed by atoms with Gasteiger partial charge in [0.2, 0.25) is 0 Å². The Morgan fingerprint density at radius 2 is 1.83 bits per heavy atom. The molecule has 0 heterocycles. The van der Waals surface area contributed by atoms with E-state index in [4.69, 9.17) is 4.74 Å². The van der Waals surface area contributed by atoms with Gasteiger partial charge in [0, 0.05) is 12.1 Å². The van der Waals surface area contributed by atoms with E-state index in [1.807, 2.05) is 61.5 Å². The Labute approximate surface area is 142 Å². The Kier molecular flexibility index (Phi) is 6.63. The zero-order valence-electron chi connectivity index (χ0n) is 14.1. The number of amides is 2. The first-order valence-electron chi connectivity index (χ1n) is 7.99. The second kappa shape index (κ2) is 8.93. The van der Waals surface area contributed by atoms with Gasteiger partial charge in [-0.25, -0.2) is 4.79 Å². The fraction of sp³-hybridized carbons (Fsp3) is 0.316. The molecule has 0 aromatic heterocycles. The van der Waals surface area contributed by atoms with Crippen LogP contribution in [-0.2, 0) is 6.54 Å². The largest absolute Gasteiger partial charge is 0.496 e. The third-order valence-corrected chi connectivity index (χ3v) is 3.85. The molecule has 0 aliphatic carbocycles. The zero-order valence-corrected chi connectivity index (χ0v) is 14.1. The summed E-state index contributed by atoms with van der Waals surface area (Å²) in [6.45, 7) is 2.47. The number of aliphatic hydroxyl groups excluding tert-OH is 1. The van der Waals surface area contributed by atoms with Gasteiger partial charge in [-0.3, -0.25) is 0 Å². The predicted molar refractivity (Wildman–Crippen MR) is 93.9 cm³/mol. The molecule has 2 aromatic rings. The molecule has 2 N–H and O–H groups in total. The minimum atomic E-state index is -0.216. The molecule has 2 amide bonds. The molecule has 2 aromatic carbocycles. The Morgan fingerprint density at radius 1 is 1.17 bits per heavy atom. The van der Waals surface area contributed by atoms with Crippen LogP contribution in [0.15, 0.2) is 54.6 Å². The van der Waals surface area contributed by atoms with Crippen LogP contribution in [0, 0.1) is 0 Å². The first-order chi connectivity index (χ1) is 11.7. The fourth-order valence-corrected chi connectivity index (χ4v) is 2.51. The molecule has 1 atom stereocenters. The number of urea groups is 1. The van der Waals surface area contributed by atoms with Crippen molar-refractivity contribution in [3.63, 3.8) is 0 Å². The number of hydrogen-bond acceptors (Lipinski definition) is 3. The minimum Gasteiger partial charge on any atom is -0.496 e. The minimum absolute atomic E-state index is 0.0950. The van der Waals surface area contributed by atoms with Crippen LogP contribution in [0.1, 0.15) is 24.1 Å². The molecule has 1 unspecified atom stereocenters. The van der Waals surface area contributed by atoms with Gasteiger partial charge < -0.3 is 20.1 Å². The van der Waals surface area contributed by atoms with Gasteiger partial charge >= 0.3 is 6.03 Å². The average molecular weight is 328 g/mol. The molecule has 0 aliphatic rings. The lowest BCUT2D eigenvalue weighted by atomic mass is 10.1. The molecular weight excluding hydrogens is 304 g/mol. The smallest absolute Gasteiger partial charge is 0.318 e. The molecule has 5 heteroatoms. The number of aliphatic hydroxyl groups is 1. The Balaban J connectivity index is 2.07. The van der Waals surface area contributed by atoms with E-state index in [2.05, 4.69) is 5.32 Å². The summed E-state index contributed by atoms with van der Waals surface area (Å²) < 4.78 is 5.33. The molecule has 0 bridgehead atoms. The molecule has 0 saturated carbocycles. The predicted octanol–water partition coefficient (Wildman–Crippen LogP) is 2.96. The maximum atomic E-state index is 12.6. The average Bonchev–Trinajstić information content (AvgIpc) is 2.62. The monoisotopic (exact) mass is 328 g/mol. The van der Waals surface area contributed by atoms with Gasteiger partial charge in [0.05, 0.1) is 26.3 Å². The maximum Gasteiger partial charge on any atom is 0.318 e. The van der Waals surface area contributed by atoms with E-state index in [0.29, 0.717) is 6.54 Å². The second-order valence-electron chi connectivity index (χ2n) is 5.54. The van der Waals surface area contributed by atoms with Crippen molar-refractivity contribution >= 4 is 6.03 Å². The van der Waals surface area contributed by atoms with Crippen LogP contribution in [0.2, 0.25) is 0 Å². The lowest BCUT2D eigenvalue weighted by Crippen LogP contribution is -2.42. The number of benzene rings is 2. The number of nitrogens with zero attached hydrogens (tertiary/aromatic N) is 1. The highest BCUT2D eigenvalue weighted by Gasteiger charge is 2.18. The van der Waals surface area contributed by atoms with Gasteiger partial charge in [-0.2, -0.15) is 0 Å². The van der Waals surface area contributed by atoms with E-state index in [-0.39, 0.29) is 25.2 Å². The highest BCUT2D eigenvalue weighted by atomic mass is 16.5. The van der Waals surface area contributed by atoms with Gasteiger partial charge in [-0.1, -0.05) is 48.5 Å². The Hall–Kier alpha value is -2.53. The molecule has 2 rings (SSSR count). The van der Waals surface area contributed by atoms with Crippen molar-refractivity contribution in [2.75, 3.05) is 20.3 Å². The summed E-state index contributed by atoms with van der Waals surface area (Å²) in [6.07, 6.45) is 0. The van der Waals surface area contributed by atoms with Crippen LogP contribution in [0.4, 0.5) is 4.79 Å². The molecule has 0 radical (unpaired) electrons. The number of para-hydroxylation sites is 1. The van der Waals surface area contributed by atoms with Crippen LogP contribution in [0.5, 0.6) is 5.75 Å². The highest BCUT2D eigenvalue weighted by Crippen LogP contribution is 2.20.